The average molecular weight is 433 g/mol. The summed E-state index contributed by atoms with van der Waals surface area (Å²) < 4.78 is 2.77. The summed E-state index contributed by atoms with van der Waals surface area (Å²) in [6.45, 7) is 0.0287. The molecule has 0 bridgehead atoms. The summed E-state index contributed by atoms with van der Waals surface area (Å²) in [6, 6.07) is 18.1. The lowest BCUT2D eigenvalue weighted by Gasteiger charge is -2.22. The molecule has 1 amide bonds. The second-order valence-corrected chi connectivity index (χ2v) is 7.18. The van der Waals surface area contributed by atoms with E-state index < -0.39 is 0 Å². The Morgan fingerprint density at radius 3 is 2.71 bits per heavy atom. The monoisotopic (exact) mass is 432 g/mol. The molecule has 8 nitrogen and oxygen atoms in total. The van der Waals surface area contributed by atoms with Gasteiger partial charge in [-0.1, -0.05) is 35.9 Å². The first-order chi connectivity index (χ1) is 15.1. The Labute approximate surface area is 182 Å². The standard InChI is InChI=1S/C22H17ClN6O2/c23-16-6-4-9-18(12-16)29-21-19(13-26-29)22(31)27(15-25-21)14-20(30)28(11-5-10-24)17-7-2-1-3-8-17/h1-4,6-9,12-13,15H,5,11,14H2. The summed E-state index contributed by atoms with van der Waals surface area (Å²) >= 11 is 6.05. The zero-order chi connectivity index (χ0) is 21.8. The molecule has 4 aromatic rings. The quantitative estimate of drug-likeness (QED) is 0.466. The summed E-state index contributed by atoms with van der Waals surface area (Å²) in [5, 5.41) is 14.0. The third kappa shape index (κ3) is 4.17. The summed E-state index contributed by atoms with van der Waals surface area (Å²) in [5.41, 5.74) is 1.34. The maximum Gasteiger partial charge on any atom is 0.264 e. The van der Waals surface area contributed by atoms with E-state index in [4.69, 9.17) is 16.9 Å². The van der Waals surface area contributed by atoms with E-state index in [0.717, 1.165) is 0 Å². The highest BCUT2D eigenvalue weighted by atomic mass is 35.5. The summed E-state index contributed by atoms with van der Waals surface area (Å²) in [4.78, 5) is 31.8. The molecule has 0 radical (unpaired) electrons. The van der Waals surface area contributed by atoms with E-state index in [1.807, 2.05) is 30.3 Å². The third-order valence-corrected chi connectivity index (χ3v) is 4.96. The van der Waals surface area contributed by atoms with Crippen LogP contribution >= 0.6 is 11.6 Å². The van der Waals surface area contributed by atoms with Gasteiger partial charge in [-0.15, -0.1) is 0 Å². The number of carbonyl (C=O) groups is 1. The first kappa shape index (κ1) is 20.3. The number of hydrogen-bond acceptors (Lipinski definition) is 5. The van der Waals surface area contributed by atoms with Crippen molar-refractivity contribution in [1.82, 2.24) is 19.3 Å². The molecule has 0 atom stereocenters. The Bertz CT molecular complexity index is 1340. The van der Waals surface area contributed by atoms with E-state index in [2.05, 4.69) is 10.1 Å². The minimum Gasteiger partial charge on any atom is -0.310 e. The maximum absolute atomic E-state index is 13.0. The highest BCUT2D eigenvalue weighted by Gasteiger charge is 2.18. The molecule has 0 aliphatic rings. The van der Waals surface area contributed by atoms with Crippen LogP contribution in [0.25, 0.3) is 16.7 Å². The van der Waals surface area contributed by atoms with Crippen LogP contribution in [-0.2, 0) is 11.3 Å². The fourth-order valence-corrected chi connectivity index (χ4v) is 3.44. The van der Waals surface area contributed by atoms with Crippen molar-refractivity contribution in [2.24, 2.45) is 0 Å². The maximum atomic E-state index is 13.0. The summed E-state index contributed by atoms with van der Waals surface area (Å²) in [5.74, 6) is -0.313. The summed E-state index contributed by atoms with van der Waals surface area (Å²) in [6.07, 6.45) is 2.94. The number of amides is 1. The first-order valence-electron chi connectivity index (χ1n) is 9.50. The van der Waals surface area contributed by atoms with Crippen LogP contribution < -0.4 is 10.5 Å². The Morgan fingerprint density at radius 2 is 1.97 bits per heavy atom. The lowest BCUT2D eigenvalue weighted by Crippen LogP contribution is -2.37. The van der Waals surface area contributed by atoms with E-state index in [1.165, 1.54) is 26.7 Å². The highest BCUT2D eigenvalue weighted by Crippen LogP contribution is 2.18. The molecule has 0 saturated carbocycles. The number of carbonyl (C=O) groups excluding carboxylic acids is 1. The van der Waals surface area contributed by atoms with Crippen molar-refractivity contribution in [2.75, 3.05) is 11.4 Å². The number of nitrogens with zero attached hydrogens (tertiary/aromatic N) is 6. The number of fused-ring (bicyclic) bond motifs is 1. The van der Waals surface area contributed by atoms with E-state index in [1.54, 1.807) is 30.3 Å². The predicted octanol–water partition coefficient (Wildman–Crippen LogP) is 3.18. The summed E-state index contributed by atoms with van der Waals surface area (Å²) in [7, 11) is 0. The van der Waals surface area contributed by atoms with Gasteiger partial charge in [0.05, 0.1) is 24.4 Å². The van der Waals surface area contributed by atoms with Gasteiger partial charge in [-0.2, -0.15) is 10.4 Å². The van der Waals surface area contributed by atoms with Crippen molar-refractivity contribution in [1.29, 1.82) is 5.26 Å². The van der Waals surface area contributed by atoms with Crippen LogP contribution in [0.1, 0.15) is 6.42 Å². The smallest absolute Gasteiger partial charge is 0.264 e. The largest absolute Gasteiger partial charge is 0.310 e. The molecule has 4 rings (SSSR count). The van der Waals surface area contributed by atoms with Gasteiger partial charge in [-0.25, -0.2) is 9.67 Å². The molecule has 9 heteroatoms. The number of anilines is 1. The molecule has 0 unspecified atom stereocenters. The molecular formula is C22H17ClN6O2. The van der Waals surface area contributed by atoms with Crippen LogP contribution in [-0.4, -0.2) is 31.8 Å². The van der Waals surface area contributed by atoms with Crippen LogP contribution in [0.2, 0.25) is 5.02 Å². The van der Waals surface area contributed by atoms with Crippen LogP contribution in [0.15, 0.2) is 71.9 Å². The lowest BCUT2D eigenvalue weighted by atomic mass is 10.2. The first-order valence-corrected chi connectivity index (χ1v) is 9.88. The molecule has 0 spiro atoms. The van der Waals surface area contributed by atoms with Crippen molar-refractivity contribution >= 4 is 34.2 Å². The topological polar surface area (TPSA) is 96.8 Å². The van der Waals surface area contributed by atoms with Crippen molar-refractivity contribution < 1.29 is 4.79 Å². The third-order valence-electron chi connectivity index (χ3n) is 4.73. The van der Waals surface area contributed by atoms with Gasteiger partial charge in [0.15, 0.2) is 5.65 Å². The van der Waals surface area contributed by atoms with Gasteiger partial charge in [-0.3, -0.25) is 14.2 Å². The van der Waals surface area contributed by atoms with Gasteiger partial charge in [-0.05, 0) is 30.3 Å². The fourth-order valence-electron chi connectivity index (χ4n) is 3.26. The molecule has 0 aliphatic heterocycles. The Kier molecular flexibility index (Phi) is 5.78. The van der Waals surface area contributed by atoms with E-state index in [-0.39, 0.29) is 31.0 Å². The number of benzene rings is 2. The zero-order valence-electron chi connectivity index (χ0n) is 16.3. The number of rotatable bonds is 6. The molecule has 0 aliphatic carbocycles. The highest BCUT2D eigenvalue weighted by molar-refractivity contribution is 6.30. The predicted molar refractivity (Wildman–Crippen MR) is 117 cm³/mol. The van der Waals surface area contributed by atoms with E-state index in [0.29, 0.717) is 27.4 Å². The number of halogens is 1. The molecular weight excluding hydrogens is 416 g/mol. The molecule has 154 valence electrons. The van der Waals surface area contributed by atoms with E-state index in [9.17, 15) is 9.59 Å². The number of nitriles is 1. The normalized spacial score (nSPS) is 10.7. The van der Waals surface area contributed by atoms with Gasteiger partial charge in [0.2, 0.25) is 5.91 Å². The molecule has 0 fully saturated rings. The molecule has 0 saturated heterocycles. The van der Waals surface area contributed by atoms with Gasteiger partial charge >= 0.3 is 0 Å². The fraction of sp³-hybridized carbons (Fsp3) is 0.136. The number of aromatic nitrogens is 4. The minimum atomic E-state index is -0.375. The molecule has 2 heterocycles. The second-order valence-electron chi connectivity index (χ2n) is 6.74. The molecule has 31 heavy (non-hydrogen) atoms. The van der Waals surface area contributed by atoms with Crippen LogP contribution in [0.4, 0.5) is 5.69 Å². The molecule has 0 N–H and O–H groups in total. The van der Waals surface area contributed by atoms with Crippen LogP contribution in [0, 0.1) is 11.3 Å². The number of para-hydroxylation sites is 1. The number of hydrogen-bond donors (Lipinski definition) is 0. The van der Waals surface area contributed by atoms with Gasteiger partial charge in [0.25, 0.3) is 5.56 Å². The Hall–Kier alpha value is -3.96. The van der Waals surface area contributed by atoms with Crippen molar-refractivity contribution in [3.8, 4) is 11.8 Å². The molecule has 2 aromatic carbocycles. The minimum absolute atomic E-state index is 0.180. The Balaban J connectivity index is 1.65. The zero-order valence-corrected chi connectivity index (χ0v) is 17.1. The second kappa shape index (κ2) is 8.81. The van der Waals surface area contributed by atoms with Gasteiger partial charge < -0.3 is 4.90 Å². The van der Waals surface area contributed by atoms with Crippen molar-refractivity contribution in [3.05, 3.63) is 82.5 Å². The van der Waals surface area contributed by atoms with Crippen LogP contribution in [0.3, 0.4) is 0 Å². The lowest BCUT2D eigenvalue weighted by molar-refractivity contribution is -0.119. The van der Waals surface area contributed by atoms with Crippen molar-refractivity contribution in [2.45, 2.75) is 13.0 Å². The Morgan fingerprint density at radius 1 is 1.16 bits per heavy atom. The SMILES string of the molecule is N#CCCN(C(=O)Cn1cnc2c(cnn2-c2cccc(Cl)c2)c1=O)c1ccccc1. The van der Waals surface area contributed by atoms with Gasteiger partial charge in [0.1, 0.15) is 18.3 Å². The molecule has 2 aromatic heterocycles. The van der Waals surface area contributed by atoms with Crippen molar-refractivity contribution in [3.63, 3.8) is 0 Å². The van der Waals surface area contributed by atoms with Crippen LogP contribution in [0.5, 0.6) is 0 Å². The van der Waals surface area contributed by atoms with E-state index >= 15 is 0 Å². The average Bonchev–Trinajstić information content (AvgIpc) is 3.22. The van der Waals surface area contributed by atoms with Gasteiger partial charge in [0, 0.05) is 17.3 Å².